The largest absolute Gasteiger partial charge is 0.493 e. The number of ether oxygens (including phenoxy) is 2. The molecular weight excluding hydrogens is 424 g/mol. The number of benzene rings is 3. The molecule has 3 aromatic carbocycles. The van der Waals surface area contributed by atoms with Crippen LogP contribution in [-0.4, -0.2) is 36.7 Å². The topological polar surface area (TPSA) is 38.8 Å². The molecule has 0 radical (unpaired) electrons. The fourth-order valence-corrected chi connectivity index (χ4v) is 3.99. The smallest absolute Gasteiger partial charge is 0.257 e. The minimum Gasteiger partial charge on any atom is -0.493 e. The third-order valence-corrected chi connectivity index (χ3v) is 5.71. The molecule has 3 aromatic rings. The molecule has 1 amide bonds. The lowest BCUT2D eigenvalue weighted by Crippen LogP contribution is -2.37. The summed E-state index contributed by atoms with van der Waals surface area (Å²) in [4.78, 5) is 14.8. The first-order valence-corrected chi connectivity index (χ1v) is 11.2. The van der Waals surface area contributed by atoms with Gasteiger partial charge in [0.15, 0.2) is 0 Å². The van der Waals surface area contributed by atoms with Crippen LogP contribution in [-0.2, 0) is 17.7 Å². The standard InChI is InChI=1S/C27H27F2NO3/c28-25-12-3-1-8-21(25)14-16-33-22-9-5-7-20(17-22)18-30(19-23-10-6-15-32-23)27(31)24-11-2-4-13-26(24)29/h1-5,7-9,11-13,17,23H,6,10,14-16,18-19H2. The van der Waals surface area contributed by atoms with E-state index in [1.807, 2.05) is 24.3 Å². The Morgan fingerprint density at radius 1 is 1.00 bits per heavy atom. The van der Waals surface area contributed by atoms with Crippen molar-refractivity contribution in [3.63, 3.8) is 0 Å². The summed E-state index contributed by atoms with van der Waals surface area (Å²) in [6, 6.07) is 20.1. The Labute approximate surface area is 192 Å². The van der Waals surface area contributed by atoms with Crippen LogP contribution in [0, 0.1) is 11.6 Å². The molecule has 0 bridgehead atoms. The lowest BCUT2D eigenvalue weighted by Gasteiger charge is -2.26. The Morgan fingerprint density at radius 3 is 2.55 bits per heavy atom. The van der Waals surface area contributed by atoms with Crippen LogP contribution < -0.4 is 4.74 Å². The van der Waals surface area contributed by atoms with Crippen LogP contribution in [0.25, 0.3) is 0 Å². The van der Waals surface area contributed by atoms with Gasteiger partial charge in [-0.3, -0.25) is 4.79 Å². The summed E-state index contributed by atoms with van der Waals surface area (Å²) in [7, 11) is 0. The molecular formula is C27H27F2NO3. The van der Waals surface area contributed by atoms with Crippen LogP contribution in [0.1, 0.15) is 34.3 Å². The van der Waals surface area contributed by atoms with Crippen LogP contribution in [0.4, 0.5) is 8.78 Å². The number of hydrogen-bond acceptors (Lipinski definition) is 3. The van der Waals surface area contributed by atoms with E-state index in [2.05, 4.69) is 0 Å². The minimum atomic E-state index is -0.537. The summed E-state index contributed by atoms with van der Waals surface area (Å²) >= 11 is 0. The third kappa shape index (κ3) is 6.17. The second-order valence-electron chi connectivity index (χ2n) is 8.14. The molecule has 1 aliphatic heterocycles. The van der Waals surface area contributed by atoms with Gasteiger partial charge in [0.05, 0.1) is 18.3 Å². The van der Waals surface area contributed by atoms with Gasteiger partial charge >= 0.3 is 0 Å². The molecule has 1 saturated heterocycles. The van der Waals surface area contributed by atoms with Gasteiger partial charge in [-0.1, -0.05) is 42.5 Å². The molecule has 0 aromatic heterocycles. The van der Waals surface area contributed by atoms with E-state index >= 15 is 0 Å². The zero-order chi connectivity index (χ0) is 23.0. The van der Waals surface area contributed by atoms with Gasteiger partial charge in [-0.2, -0.15) is 0 Å². The van der Waals surface area contributed by atoms with E-state index in [-0.39, 0.29) is 23.4 Å². The van der Waals surface area contributed by atoms with E-state index in [4.69, 9.17) is 9.47 Å². The molecule has 0 N–H and O–H groups in total. The molecule has 172 valence electrons. The van der Waals surface area contributed by atoms with Crippen molar-refractivity contribution < 1.29 is 23.0 Å². The zero-order valence-corrected chi connectivity index (χ0v) is 18.4. The molecule has 0 aliphatic carbocycles. The van der Waals surface area contributed by atoms with Crippen molar-refractivity contribution in [1.29, 1.82) is 0 Å². The Morgan fingerprint density at radius 2 is 1.79 bits per heavy atom. The summed E-state index contributed by atoms with van der Waals surface area (Å²) in [5.41, 5.74) is 1.51. The van der Waals surface area contributed by atoms with Gasteiger partial charge in [-0.25, -0.2) is 8.78 Å². The van der Waals surface area contributed by atoms with Gasteiger partial charge in [-0.15, -0.1) is 0 Å². The van der Waals surface area contributed by atoms with Crippen LogP contribution in [0.3, 0.4) is 0 Å². The predicted octanol–water partition coefficient (Wildman–Crippen LogP) is 5.41. The highest BCUT2D eigenvalue weighted by atomic mass is 19.1. The molecule has 0 saturated carbocycles. The molecule has 4 nitrogen and oxygen atoms in total. The first-order valence-electron chi connectivity index (χ1n) is 11.2. The monoisotopic (exact) mass is 451 g/mol. The Bertz CT molecular complexity index is 1080. The maximum absolute atomic E-state index is 14.3. The maximum Gasteiger partial charge on any atom is 0.257 e. The SMILES string of the molecule is O=C(c1ccccc1F)N(Cc1cccc(OCCc2ccccc2F)c1)CC1CCCO1. The van der Waals surface area contributed by atoms with Crippen LogP contribution >= 0.6 is 0 Å². The Balaban J connectivity index is 1.44. The highest BCUT2D eigenvalue weighted by Crippen LogP contribution is 2.21. The number of halogens is 2. The van der Waals surface area contributed by atoms with E-state index in [0.717, 1.165) is 18.4 Å². The van der Waals surface area contributed by atoms with Crippen LogP contribution in [0.15, 0.2) is 72.8 Å². The van der Waals surface area contributed by atoms with Gasteiger partial charge in [0.1, 0.15) is 17.4 Å². The minimum absolute atomic E-state index is 0.0489. The lowest BCUT2D eigenvalue weighted by atomic mass is 10.1. The first kappa shape index (κ1) is 22.9. The zero-order valence-electron chi connectivity index (χ0n) is 18.4. The number of carbonyl (C=O) groups is 1. The van der Waals surface area contributed by atoms with Crippen molar-refractivity contribution in [2.45, 2.75) is 31.9 Å². The Kier molecular flexibility index (Phi) is 7.68. The summed E-state index contributed by atoms with van der Waals surface area (Å²) < 4.78 is 39.7. The number of nitrogens with zero attached hydrogens (tertiary/aromatic N) is 1. The number of amides is 1. The average Bonchev–Trinajstić information content (AvgIpc) is 3.33. The number of rotatable bonds is 9. The molecule has 1 fully saturated rings. The highest BCUT2D eigenvalue weighted by molar-refractivity contribution is 5.94. The molecule has 4 rings (SSSR count). The predicted molar refractivity (Wildman–Crippen MR) is 122 cm³/mol. The van der Waals surface area contributed by atoms with Gasteiger partial charge in [-0.05, 0) is 54.3 Å². The highest BCUT2D eigenvalue weighted by Gasteiger charge is 2.25. The third-order valence-electron chi connectivity index (χ3n) is 5.71. The summed E-state index contributed by atoms with van der Waals surface area (Å²) in [6.45, 7) is 1.71. The second-order valence-corrected chi connectivity index (χ2v) is 8.14. The average molecular weight is 452 g/mol. The number of carbonyl (C=O) groups excluding carboxylic acids is 1. The molecule has 1 heterocycles. The van der Waals surface area contributed by atoms with E-state index < -0.39 is 5.82 Å². The van der Waals surface area contributed by atoms with Gasteiger partial charge in [0.25, 0.3) is 5.91 Å². The summed E-state index contributed by atoms with van der Waals surface area (Å²) in [5.74, 6) is -0.509. The van der Waals surface area contributed by atoms with Crippen molar-refractivity contribution in [2.24, 2.45) is 0 Å². The van der Waals surface area contributed by atoms with Crippen molar-refractivity contribution in [3.05, 3.63) is 101 Å². The molecule has 6 heteroatoms. The quantitative estimate of drug-likeness (QED) is 0.437. The molecule has 1 aliphatic rings. The lowest BCUT2D eigenvalue weighted by molar-refractivity contribution is 0.0503. The van der Waals surface area contributed by atoms with E-state index in [1.165, 1.54) is 18.2 Å². The van der Waals surface area contributed by atoms with E-state index in [1.54, 1.807) is 35.2 Å². The van der Waals surface area contributed by atoms with Crippen LogP contribution in [0.5, 0.6) is 5.75 Å². The molecule has 0 spiro atoms. The summed E-state index contributed by atoms with van der Waals surface area (Å²) in [6.07, 6.45) is 2.23. The maximum atomic E-state index is 14.3. The van der Waals surface area contributed by atoms with Gasteiger partial charge in [0, 0.05) is 26.1 Å². The van der Waals surface area contributed by atoms with E-state index in [0.29, 0.717) is 44.0 Å². The Hall–Kier alpha value is -3.25. The van der Waals surface area contributed by atoms with Gasteiger partial charge < -0.3 is 14.4 Å². The van der Waals surface area contributed by atoms with Crippen molar-refractivity contribution in [3.8, 4) is 5.75 Å². The van der Waals surface area contributed by atoms with Crippen molar-refractivity contribution in [1.82, 2.24) is 4.90 Å². The second kappa shape index (κ2) is 11.1. The summed E-state index contributed by atoms with van der Waals surface area (Å²) in [5, 5.41) is 0. The molecule has 1 unspecified atom stereocenters. The first-order chi connectivity index (χ1) is 16.1. The fourth-order valence-electron chi connectivity index (χ4n) is 3.99. The fraction of sp³-hybridized carbons (Fsp3) is 0.296. The molecule has 33 heavy (non-hydrogen) atoms. The van der Waals surface area contributed by atoms with E-state index in [9.17, 15) is 13.6 Å². The van der Waals surface area contributed by atoms with Crippen molar-refractivity contribution in [2.75, 3.05) is 19.8 Å². The normalized spacial score (nSPS) is 15.4. The molecule has 1 atom stereocenters. The van der Waals surface area contributed by atoms with Crippen molar-refractivity contribution >= 4 is 5.91 Å². The van der Waals surface area contributed by atoms with Gasteiger partial charge in [0.2, 0.25) is 0 Å². The van der Waals surface area contributed by atoms with Crippen LogP contribution in [0.2, 0.25) is 0 Å². The number of hydrogen-bond donors (Lipinski definition) is 0.